The zero-order chi connectivity index (χ0) is 10.9. The Kier molecular flexibility index (Phi) is 3.47. The molecule has 0 aromatic heterocycles. The van der Waals surface area contributed by atoms with Gasteiger partial charge in [0.15, 0.2) is 0 Å². The molecule has 0 unspecified atom stereocenters. The quantitative estimate of drug-likeness (QED) is 0.611. The third-order valence-electron chi connectivity index (χ3n) is 1.62. The summed E-state index contributed by atoms with van der Waals surface area (Å²) in [5.41, 5.74) is 5.21. The largest absolute Gasteiger partial charge is 0.417 e. The lowest BCUT2D eigenvalue weighted by atomic mass is 10.1. The summed E-state index contributed by atoms with van der Waals surface area (Å²) in [6.07, 6.45) is -4.38. The fraction of sp³-hybridized carbons (Fsp3) is 0.250. The van der Waals surface area contributed by atoms with E-state index in [0.717, 1.165) is 6.07 Å². The van der Waals surface area contributed by atoms with Crippen molar-refractivity contribution in [1.82, 2.24) is 0 Å². The van der Waals surface area contributed by atoms with Crippen molar-refractivity contribution in [2.45, 2.75) is 11.5 Å². The lowest BCUT2D eigenvalue weighted by molar-refractivity contribution is -0.138. The molecule has 0 heterocycles. The Labute approximate surface area is 95.7 Å². The Morgan fingerprint density at radius 1 is 1.29 bits per heavy atom. The molecule has 1 nitrogen and oxygen atoms in total. The predicted octanol–water partition coefficient (Wildman–Crippen LogP) is 3.95. The first-order chi connectivity index (χ1) is 6.36. The van der Waals surface area contributed by atoms with Crippen molar-refractivity contribution >= 4 is 37.5 Å². The first-order valence-electron chi connectivity index (χ1n) is 3.57. The maximum Gasteiger partial charge on any atom is 0.417 e. The van der Waals surface area contributed by atoms with E-state index in [9.17, 15) is 13.2 Å². The van der Waals surface area contributed by atoms with Gasteiger partial charge in [0.25, 0.3) is 0 Å². The zero-order valence-electron chi connectivity index (χ0n) is 6.83. The van der Waals surface area contributed by atoms with Gasteiger partial charge in [-0.3, -0.25) is 0 Å². The molecular weight excluding hydrogens is 327 g/mol. The number of halogens is 5. The Balaban J connectivity index is 3.37. The van der Waals surface area contributed by atoms with Gasteiger partial charge in [-0.2, -0.15) is 13.2 Å². The van der Waals surface area contributed by atoms with Gasteiger partial charge in [-0.25, -0.2) is 0 Å². The number of anilines is 1. The Morgan fingerprint density at radius 3 is 2.29 bits per heavy atom. The van der Waals surface area contributed by atoms with E-state index in [1.165, 1.54) is 6.07 Å². The third-order valence-corrected chi connectivity index (χ3v) is 3.16. The SMILES string of the molecule is Nc1cc(CBr)c(Br)c(C(F)(F)F)c1. The van der Waals surface area contributed by atoms with Crippen LogP contribution in [-0.4, -0.2) is 0 Å². The van der Waals surface area contributed by atoms with Gasteiger partial charge in [0.05, 0.1) is 5.56 Å². The topological polar surface area (TPSA) is 26.0 Å². The Bertz CT molecular complexity index is 349. The summed E-state index contributed by atoms with van der Waals surface area (Å²) < 4.78 is 37.4. The number of benzene rings is 1. The summed E-state index contributed by atoms with van der Waals surface area (Å²) in [5, 5.41) is 0.321. The second-order valence-electron chi connectivity index (χ2n) is 2.67. The monoisotopic (exact) mass is 331 g/mol. The van der Waals surface area contributed by atoms with Crippen LogP contribution in [0.2, 0.25) is 0 Å². The van der Waals surface area contributed by atoms with Gasteiger partial charge < -0.3 is 5.73 Å². The van der Waals surface area contributed by atoms with Crippen molar-refractivity contribution in [1.29, 1.82) is 0 Å². The highest BCUT2D eigenvalue weighted by Gasteiger charge is 2.34. The first-order valence-corrected chi connectivity index (χ1v) is 5.48. The number of hydrogen-bond acceptors (Lipinski definition) is 1. The maximum atomic E-state index is 12.4. The van der Waals surface area contributed by atoms with Crippen molar-refractivity contribution in [2.24, 2.45) is 0 Å². The first kappa shape index (κ1) is 11.8. The van der Waals surface area contributed by atoms with Gasteiger partial charge in [-0.15, -0.1) is 0 Å². The molecule has 0 atom stereocenters. The molecule has 0 aliphatic rings. The van der Waals surface area contributed by atoms with E-state index in [-0.39, 0.29) is 10.2 Å². The Hall–Kier alpha value is -0.230. The second kappa shape index (κ2) is 4.10. The maximum absolute atomic E-state index is 12.4. The lowest BCUT2D eigenvalue weighted by Gasteiger charge is -2.12. The van der Waals surface area contributed by atoms with E-state index in [4.69, 9.17) is 5.73 Å². The number of nitrogen functional groups attached to an aromatic ring is 1. The summed E-state index contributed by atoms with van der Waals surface area (Å²) in [7, 11) is 0. The van der Waals surface area contributed by atoms with Crippen LogP contribution in [0.4, 0.5) is 18.9 Å². The molecule has 6 heteroatoms. The van der Waals surface area contributed by atoms with Crippen molar-refractivity contribution in [3.8, 4) is 0 Å². The highest BCUT2D eigenvalue weighted by molar-refractivity contribution is 9.10. The van der Waals surface area contributed by atoms with Gasteiger partial charge >= 0.3 is 6.18 Å². The molecule has 0 spiro atoms. The normalized spacial score (nSPS) is 11.8. The molecule has 0 amide bonds. The van der Waals surface area contributed by atoms with Crippen molar-refractivity contribution in [3.63, 3.8) is 0 Å². The molecule has 0 aliphatic heterocycles. The summed E-state index contributed by atoms with van der Waals surface area (Å²) in [5.74, 6) is 0. The Morgan fingerprint density at radius 2 is 1.86 bits per heavy atom. The molecule has 1 rings (SSSR count). The average Bonchev–Trinajstić information content (AvgIpc) is 2.06. The van der Waals surface area contributed by atoms with E-state index >= 15 is 0 Å². The van der Waals surface area contributed by atoms with Gasteiger partial charge in [0, 0.05) is 15.5 Å². The van der Waals surface area contributed by atoms with Gasteiger partial charge in [-0.1, -0.05) is 15.9 Å². The molecule has 2 N–H and O–H groups in total. The average molecular weight is 333 g/mol. The predicted molar refractivity (Wildman–Crippen MR) is 56.2 cm³/mol. The van der Waals surface area contributed by atoms with Crippen LogP contribution >= 0.6 is 31.9 Å². The van der Waals surface area contributed by atoms with Crippen LogP contribution in [0.1, 0.15) is 11.1 Å². The lowest BCUT2D eigenvalue weighted by Crippen LogP contribution is -2.08. The van der Waals surface area contributed by atoms with Crippen molar-refractivity contribution in [3.05, 3.63) is 27.7 Å². The summed E-state index contributed by atoms with van der Waals surface area (Å²) in [6.45, 7) is 0. The summed E-state index contributed by atoms with van der Waals surface area (Å²) in [6, 6.07) is 2.41. The van der Waals surface area contributed by atoms with Crippen molar-refractivity contribution < 1.29 is 13.2 Å². The molecule has 0 saturated carbocycles. The van der Waals surface area contributed by atoms with Crippen LogP contribution in [0.15, 0.2) is 16.6 Å². The van der Waals surface area contributed by atoms with Crippen LogP contribution in [0.5, 0.6) is 0 Å². The number of alkyl halides is 4. The molecule has 1 aromatic rings. The van der Waals surface area contributed by atoms with Crippen molar-refractivity contribution in [2.75, 3.05) is 5.73 Å². The highest BCUT2D eigenvalue weighted by atomic mass is 79.9. The number of nitrogens with two attached hydrogens (primary N) is 1. The minimum absolute atomic E-state index is 0.0380. The molecule has 78 valence electrons. The van der Waals surface area contributed by atoms with E-state index in [0.29, 0.717) is 10.9 Å². The van der Waals surface area contributed by atoms with E-state index < -0.39 is 11.7 Å². The molecule has 1 aromatic carbocycles. The molecule has 0 radical (unpaired) electrons. The van der Waals surface area contributed by atoms with Crippen LogP contribution in [0, 0.1) is 0 Å². The third kappa shape index (κ3) is 2.42. The van der Waals surface area contributed by atoms with Crippen LogP contribution in [0.25, 0.3) is 0 Å². The molecule has 0 aliphatic carbocycles. The van der Waals surface area contributed by atoms with Gasteiger partial charge in [0.1, 0.15) is 0 Å². The fourth-order valence-electron chi connectivity index (χ4n) is 1.01. The second-order valence-corrected chi connectivity index (χ2v) is 4.03. The standard InChI is InChI=1S/C8H6Br2F3N/c9-3-4-1-5(14)2-6(7(4)10)8(11,12)13/h1-2H,3,14H2. The molecule has 14 heavy (non-hydrogen) atoms. The number of rotatable bonds is 1. The molecule has 0 fully saturated rings. The van der Waals surface area contributed by atoms with Crippen LogP contribution in [0.3, 0.4) is 0 Å². The molecule has 0 saturated heterocycles. The minimum Gasteiger partial charge on any atom is -0.399 e. The van der Waals surface area contributed by atoms with Crippen LogP contribution in [-0.2, 0) is 11.5 Å². The number of hydrogen-bond donors (Lipinski definition) is 1. The van der Waals surface area contributed by atoms with E-state index in [1.54, 1.807) is 0 Å². The minimum atomic E-state index is -4.38. The summed E-state index contributed by atoms with van der Waals surface area (Å²) >= 11 is 6.00. The molecule has 0 bridgehead atoms. The highest BCUT2D eigenvalue weighted by Crippen LogP contribution is 2.38. The molecular formula is C8H6Br2F3N. The smallest absolute Gasteiger partial charge is 0.399 e. The van der Waals surface area contributed by atoms with Gasteiger partial charge in [-0.05, 0) is 33.6 Å². The zero-order valence-corrected chi connectivity index (χ0v) is 10.0. The van der Waals surface area contributed by atoms with Gasteiger partial charge in [0.2, 0.25) is 0 Å². The fourth-order valence-corrected chi connectivity index (χ4v) is 2.43. The van der Waals surface area contributed by atoms with E-state index in [2.05, 4.69) is 31.9 Å². The van der Waals surface area contributed by atoms with E-state index in [1.807, 2.05) is 0 Å². The summed E-state index contributed by atoms with van der Waals surface area (Å²) in [4.78, 5) is 0. The van der Waals surface area contributed by atoms with Crippen LogP contribution < -0.4 is 5.73 Å².